The van der Waals surface area contributed by atoms with Gasteiger partial charge in [-0.25, -0.2) is 4.98 Å². The molecule has 138 valence electrons. The fourth-order valence-corrected chi connectivity index (χ4v) is 3.29. The molecule has 1 atom stereocenters. The number of hydrogen-bond donors (Lipinski definition) is 2. The number of nitrogens with zero attached hydrogens (tertiary/aromatic N) is 3. The summed E-state index contributed by atoms with van der Waals surface area (Å²) in [6.45, 7) is 3.14. The largest absolute Gasteiger partial charge is 0.497 e. The Hall–Kier alpha value is -2.38. The predicted octanol–water partition coefficient (Wildman–Crippen LogP) is 0.933. The minimum atomic E-state index is -0.145. The fourth-order valence-electron chi connectivity index (χ4n) is 3.29. The summed E-state index contributed by atoms with van der Waals surface area (Å²) in [4.78, 5) is 19.1. The molecule has 26 heavy (non-hydrogen) atoms. The van der Waals surface area contributed by atoms with E-state index in [1.165, 1.54) is 0 Å². The van der Waals surface area contributed by atoms with Crippen molar-refractivity contribution in [3.05, 3.63) is 42.5 Å². The number of ether oxygens (including phenoxy) is 1. The lowest BCUT2D eigenvalue weighted by Gasteiger charge is -2.32. The van der Waals surface area contributed by atoms with Crippen LogP contribution in [0.1, 0.15) is 18.7 Å². The van der Waals surface area contributed by atoms with Crippen molar-refractivity contribution < 1.29 is 9.53 Å². The van der Waals surface area contributed by atoms with Crippen molar-refractivity contribution in [2.24, 2.45) is 0 Å². The molecule has 7 nitrogen and oxygen atoms in total. The third kappa shape index (κ3) is 3.89. The van der Waals surface area contributed by atoms with Crippen LogP contribution in [0.5, 0.6) is 5.75 Å². The Morgan fingerprint density at radius 1 is 1.35 bits per heavy atom. The van der Waals surface area contributed by atoms with Gasteiger partial charge in [0.15, 0.2) is 0 Å². The van der Waals surface area contributed by atoms with Gasteiger partial charge in [0.2, 0.25) is 5.91 Å². The van der Waals surface area contributed by atoms with Crippen LogP contribution >= 0.6 is 0 Å². The highest BCUT2D eigenvalue weighted by Gasteiger charge is 2.30. The van der Waals surface area contributed by atoms with Gasteiger partial charge in [0, 0.05) is 43.8 Å². The SMILES string of the molecule is COc1ccc(-n2ccnc2CN2CCN[C@H](C(=O)NC3CC3)C2)cc1. The van der Waals surface area contributed by atoms with Crippen LogP contribution in [0.2, 0.25) is 0 Å². The Kier molecular flexibility index (Phi) is 4.90. The van der Waals surface area contributed by atoms with Crippen LogP contribution in [-0.4, -0.2) is 59.2 Å². The summed E-state index contributed by atoms with van der Waals surface area (Å²) in [5.74, 6) is 1.93. The van der Waals surface area contributed by atoms with E-state index in [9.17, 15) is 4.79 Å². The number of benzene rings is 1. The second kappa shape index (κ2) is 7.47. The fraction of sp³-hybridized carbons (Fsp3) is 0.474. The van der Waals surface area contributed by atoms with E-state index in [0.29, 0.717) is 19.1 Å². The number of hydrogen-bond acceptors (Lipinski definition) is 5. The molecule has 7 heteroatoms. The van der Waals surface area contributed by atoms with Gasteiger partial charge in [-0.05, 0) is 37.1 Å². The summed E-state index contributed by atoms with van der Waals surface area (Å²) in [5, 5.41) is 6.42. The highest BCUT2D eigenvalue weighted by Crippen LogP contribution is 2.19. The molecule has 2 fully saturated rings. The summed E-state index contributed by atoms with van der Waals surface area (Å²) < 4.78 is 7.31. The van der Waals surface area contributed by atoms with Gasteiger partial charge in [-0.3, -0.25) is 9.69 Å². The minimum absolute atomic E-state index is 0.121. The molecule has 1 saturated carbocycles. The van der Waals surface area contributed by atoms with E-state index in [2.05, 4.69) is 25.1 Å². The average molecular weight is 355 g/mol. The van der Waals surface area contributed by atoms with Gasteiger partial charge in [0.1, 0.15) is 11.6 Å². The Balaban J connectivity index is 1.42. The monoisotopic (exact) mass is 355 g/mol. The summed E-state index contributed by atoms with van der Waals surface area (Å²) in [5.41, 5.74) is 1.05. The van der Waals surface area contributed by atoms with Gasteiger partial charge < -0.3 is 19.9 Å². The summed E-state index contributed by atoms with van der Waals surface area (Å²) in [7, 11) is 1.66. The van der Waals surface area contributed by atoms with Crippen molar-refractivity contribution in [1.82, 2.24) is 25.1 Å². The highest BCUT2D eigenvalue weighted by atomic mass is 16.5. The second-order valence-electron chi connectivity index (χ2n) is 6.94. The molecule has 0 spiro atoms. The molecule has 1 amide bonds. The number of carbonyl (C=O) groups is 1. The van der Waals surface area contributed by atoms with Crippen molar-refractivity contribution >= 4 is 5.91 Å². The Morgan fingerprint density at radius 2 is 2.15 bits per heavy atom. The lowest BCUT2D eigenvalue weighted by molar-refractivity contribution is -0.124. The lowest BCUT2D eigenvalue weighted by atomic mass is 10.2. The smallest absolute Gasteiger partial charge is 0.238 e. The molecule has 1 saturated heterocycles. The first-order chi connectivity index (χ1) is 12.7. The molecule has 2 aliphatic rings. The molecule has 0 radical (unpaired) electrons. The zero-order valence-electron chi connectivity index (χ0n) is 15.0. The van der Waals surface area contributed by atoms with Crippen molar-refractivity contribution in [3.8, 4) is 11.4 Å². The van der Waals surface area contributed by atoms with E-state index in [1.807, 2.05) is 36.7 Å². The van der Waals surface area contributed by atoms with Gasteiger partial charge in [0.05, 0.1) is 19.7 Å². The molecular formula is C19H25N5O2. The molecule has 0 unspecified atom stereocenters. The quantitative estimate of drug-likeness (QED) is 0.807. The minimum Gasteiger partial charge on any atom is -0.497 e. The molecule has 2 N–H and O–H groups in total. The van der Waals surface area contributed by atoms with Crippen molar-refractivity contribution in [1.29, 1.82) is 0 Å². The summed E-state index contributed by atoms with van der Waals surface area (Å²) >= 11 is 0. The van der Waals surface area contributed by atoms with E-state index < -0.39 is 0 Å². The molecule has 0 bridgehead atoms. The lowest BCUT2D eigenvalue weighted by Crippen LogP contribution is -2.57. The van der Waals surface area contributed by atoms with Gasteiger partial charge in [-0.15, -0.1) is 0 Å². The van der Waals surface area contributed by atoms with Crippen molar-refractivity contribution in [2.75, 3.05) is 26.7 Å². The zero-order valence-corrected chi connectivity index (χ0v) is 15.0. The average Bonchev–Trinajstić information content (AvgIpc) is 3.37. The van der Waals surface area contributed by atoms with Gasteiger partial charge >= 0.3 is 0 Å². The maximum absolute atomic E-state index is 12.3. The van der Waals surface area contributed by atoms with Crippen LogP contribution in [-0.2, 0) is 11.3 Å². The van der Waals surface area contributed by atoms with Gasteiger partial charge in [-0.2, -0.15) is 0 Å². The number of rotatable bonds is 6. The van der Waals surface area contributed by atoms with E-state index >= 15 is 0 Å². The predicted molar refractivity (Wildman–Crippen MR) is 98.3 cm³/mol. The van der Waals surface area contributed by atoms with Crippen LogP contribution in [0, 0.1) is 0 Å². The standard InChI is InChI=1S/C19H25N5O2/c1-26-16-6-4-15(5-7-16)24-11-9-21-18(24)13-23-10-8-20-17(12-23)19(25)22-14-2-3-14/h4-7,9,11,14,17,20H,2-3,8,10,12-13H2,1H3,(H,22,25)/t17-/m0/s1. The van der Waals surface area contributed by atoms with E-state index in [1.54, 1.807) is 7.11 Å². The first-order valence-electron chi connectivity index (χ1n) is 9.15. The van der Waals surface area contributed by atoms with Crippen LogP contribution in [0.25, 0.3) is 5.69 Å². The van der Waals surface area contributed by atoms with Crippen molar-refractivity contribution in [3.63, 3.8) is 0 Å². The van der Waals surface area contributed by atoms with Crippen LogP contribution in [0.3, 0.4) is 0 Å². The Bertz CT molecular complexity index is 754. The molecule has 1 aromatic carbocycles. The molecule has 1 aliphatic heterocycles. The molecule has 1 aliphatic carbocycles. The van der Waals surface area contributed by atoms with Gasteiger partial charge in [0.25, 0.3) is 0 Å². The summed E-state index contributed by atoms with van der Waals surface area (Å²) in [6, 6.07) is 8.19. The first kappa shape index (κ1) is 17.1. The zero-order chi connectivity index (χ0) is 17.9. The molecule has 1 aromatic heterocycles. The number of carbonyl (C=O) groups excluding carboxylic acids is 1. The number of imidazole rings is 1. The third-order valence-corrected chi connectivity index (χ3v) is 4.93. The topological polar surface area (TPSA) is 71.4 Å². The maximum Gasteiger partial charge on any atom is 0.238 e. The Labute approximate surface area is 153 Å². The number of amides is 1. The first-order valence-corrected chi connectivity index (χ1v) is 9.15. The molecule has 4 rings (SSSR count). The number of aromatic nitrogens is 2. The summed E-state index contributed by atoms with van der Waals surface area (Å²) in [6.07, 6.45) is 6.01. The molecule has 2 aromatic rings. The number of piperazine rings is 1. The number of nitrogens with one attached hydrogen (secondary N) is 2. The van der Waals surface area contributed by atoms with Crippen LogP contribution in [0.4, 0.5) is 0 Å². The normalized spacial score (nSPS) is 20.7. The van der Waals surface area contributed by atoms with Crippen LogP contribution in [0.15, 0.2) is 36.7 Å². The van der Waals surface area contributed by atoms with Gasteiger partial charge in [-0.1, -0.05) is 0 Å². The van der Waals surface area contributed by atoms with E-state index in [0.717, 1.165) is 43.2 Å². The van der Waals surface area contributed by atoms with E-state index in [-0.39, 0.29) is 11.9 Å². The highest BCUT2D eigenvalue weighted by molar-refractivity contribution is 5.82. The molecule has 2 heterocycles. The van der Waals surface area contributed by atoms with E-state index in [4.69, 9.17) is 4.74 Å². The number of methoxy groups -OCH3 is 1. The second-order valence-corrected chi connectivity index (χ2v) is 6.94. The molecular weight excluding hydrogens is 330 g/mol. The third-order valence-electron chi connectivity index (χ3n) is 4.93. The Morgan fingerprint density at radius 3 is 2.88 bits per heavy atom. The van der Waals surface area contributed by atoms with Crippen LogP contribution < -0.4 is 15.4 Å². The maximum atomic E-state index is 12.3. The van der Waals surface area contributed by atoms with Crippen molar-refractivity contribution in [2.45, 2.75) is 31.5 Å².